The molecule has 2 amide bonds. The lowest BCUT2D eigenvalue weighted by Crippen LogP contribution is -2.30. The van der Waals surface area contributed by atoms with Crippen LogP contribution in [0.15, 0.2) is 34.8 Å². The van der Waals surface area contributed by atoms with Crippen molar-refractivity contribution in [3.05, 3.63) is 51.5 Å². The molecule has 2 heterocycles. The summed E-state index contributed by atoms with van der Waals surface area (Å²) in [4.78, 5) is 39.1. The standard InChI is InChI=1S/C24H23BrN2O6/c25-17-6-7-18(26-22(28)14-2-4-15(5-3-14)24(30)31)21-16(17)11-27(23(21)29)10-13-1-8-19-20(9-13)33-12-32-19/h1,6-9,14-15H,2-5,10-12H2,(H,26,28)(H,30,31). The number of hydrogen-bond acceptors (Lipinski definition) is 5. The zero-order valence-corrected chi connectivity index (χ0v) is 19.4. The van der Waals surface area contributed by atoms with Crippen molar-refractivity contribution in [3.8, 4) is 11.5 Å². The minimum Gasteiger partial charge on any atom is -0.481 e. The summed E-state index contributed by atoms with van der Waals surface area (Å²) in [6.07, 6.45) is 2.06. The lowest BCUT2D eigenvalue weighted by Gasteiger charge is -2.25. The molecule has 2 N–H and O–H groups in total. The van der Waals surface area contributed by atoms with Gasteiger partial charge in [0.05, 0.1) is 17.2 Å². The Labute approximate surface area is 199 Å². The molecule has 9 heteroatoms. The van der Waals surface area contributed by atoms with E-state index in [-0.39, 0.29) is 30.4 Å². The van der Waals surface area contributed by atoms with Crippen molar-refractivity contribution in [2.45, 2.75) is 38.8 Å². The predicted octanol–water partition coefficient (Wildman–Crippen LogP) is 4.16. The smallest absolute Gasteiger partial charge is 0.306 e. The summed E-state index contributed by atoms with van der Waals surface area (Å²) in [5, 5.41) is 12.1. The monoisotopic (exact) mass is 514 g/mol. The number of anilines is 1. The van der Waals surface area contributed by atoms with E-state index in [2.05, 4.69) is 21.2 Å². The van der Waals surface area contributed by atoms with Gasteiger partial charge in [0.2, 0.25) is 12.7 Å². The van der Waals surface area contributed by atoms with Gasteiger partial charge in [-0.25, -0.2) is 0 Å². The lowest BCUT2D eigenvalue weighted by atomic mass is 9.81. The summed E-state index contributed by atoms with van der Waals surface area (Å²) in [6.45, 7) is 1.03. The zero-order valence-electron chi connectivity index (χ0n) is 17.8. The van der Waals surface area contributed by atoms with E-state index >= 15 is 0 Å². The third-order valence-corrected chi connectivity index (χ3v) is 7.36. The number of nitrogens with one attached hydrogen (secondary N) is 1. The molecule has 3 aliphatic rings. The van der Waals surface area contributed by atoms with E-state index in [1.165, 1.54) is 0 Å². The van der Waals surface area contributed by atoms with Crippen molar-refractivity contribution in [2.75, 3.05) is 12.1 Å². The fraction of sp³-hybridized carbons (Fsp3) is 0.375. The molecular formula is C24H23BrN2O6. The number of hydrogen-bond donors (Lipinski definition) is 2. The molecule has 8 nitrogen and oxygen atoms in total. The molecule has 2 aromatic carbocycles. The van der Waals surface area contributed by atoms with Gasteiger partial charge in [-0.1, -0.05) is 22.0 Å². The van der Waals surface area contributed by atoms with Crippen LogP contribution in [0.25, 0.3) is 0 Å². The number of aliphatic carboxylic acids is 1. The van der Waals surface area contributed by atoms with Gasteiger partial charge in [-0.2, -0.15) is 0 Å². The van der Waals surface area contributed by atoms with Gasteiger partial charge in [-0.15, -0.1) is 0 Å². The van der Waals surface area contributed by atoms with Crippen LogP contribution in [0.1, 0.15) is 47.2 Å². The average Bonchev–Trinajstić information content (AvgIpc) is 3.41. The largest absolute Gasteiger partial charge is 0.481 e. The second kappa shape index (κ2) is 8.70. The molecule has 0 spiro atoms. The molecule has 33 heavy (non-hydrogen) atoms. The van der Waals surface area contributed by atoms with Gasteiger partial charge in [0.25, 0.3) is 5.91 Å². The second-order valence-electron chi connectivity index (χ2n) is 8.67. The SMILES string of the molecule is O=C(O)C1CCC(C(=O)Nc2ccc(Br)c3c2C(=O)N(Cc2ccc4c(c2)OCO4)C3)CC1. The molecule has 0 atom stereocenters. The lowest BCUT2D eigenvalue weighted by molar-refractivity contribution is -0.143. The van der Waals surface area contributed by atoms with Crippen LogP contribution >= 0.6 is 15.9 Å². The Morgan fingerprint density at radius 1 is 1.06 bits per heavy atom. The topological polar surface area (TPSA) is 105 Å². The molecule has 1 aliphatic carbocycles. The number of fused-ring (bicyclic) bond motifs is 2. The Balaban J connectivity index is 1.31. The highest BCUT2D eigenvalue weighted by Crippen LogP contribution is 2.38. The number of carboxylic acid groups (broad SMARTS) is 1. The third kappa shape index (κ3) is 4.17. The normalized spacial score (nSPS) is 21.1. The van der Waals surface area contributed by atoms with Gasteiger partial charge in [-0.3, -0.25) is 14.4 Å². The maximum Gasteiger partial charge on any atom is 0.306 e. The number of carbonyl (C=O) groups excluding carboxylic acids is 2. The molecule has 0 bridgehead atoms. The number of halogens is 1. The number of carboxylic acids is 1. The maximum absolute atomic E-state index is 13.3. The fourth-order valence-corrected chi connectivity index (χ4v) is 5.23. The van der Waals surface area contributed by atoms with Crippen LogP contribution in [0.5, 0.6) is 11.5 Å². The molecule has 0 aromatic heterocycles. The van der Waals surface area contributed by atoms with Gasteiger partial charge < -0.3 is 24.8 Å². The van der Waals surface area contributed by atoms with Crippen molar-refractivity contribution in [1.82, 2.24) is 4.90 Å². The molecule has 0 radical (unpaired) electrons. The van der Waals surface area contributed by atoms with Crippen LogP contribution in [0.4, 0.5) is 5.69 Å². The van der Waals surface area contributed by atoms with Crippen LogP contribution in [0, 0.1) is 11.8 Å². The van der Waals surface area contributed by atoms with E-state index in [9.17, 15) is 19.5 Å². The summed E-state index contributed by atoms with van der Waals surface area (Å²) in [5.74, 6) is -0.367. The van der Waals surface area contributed by atoms with E-state index in [4.69, 9.17) is 9.47 Å². The Hall–Kier alpha value is -3.07. The van der Waals surface area contributed by atoms with Crippen molar-refractivity contribution < 1.29 is 29.0 Å². The molecule has 1 fully saturated rings. The number of rotatable bonds is 5. The van der Waals surface area contributed by atoms with E-state index in [0.717, 1.165) is 15.6 Å². The van der Waals surface area contributed by atoms with Crippen LogP contribution in [-0.4, -0.2) is 34.6 Å². The van der Waals surface area contributed by atoms with Crippen molar-refractivity contribution in [2.24, 2.45) is 11.8 Å². The third-order valence-electron chi connectivity index (χ3n) is 6.62. The molecule has 172 valence electrons. The van der Waals surface area contributed by atoms with Crippen molar-refractivity contribution >= 4 is 39.4 Å². The summed E-state index contributed by atoms with van der Waals surface area (Å²) < 4.78 is 11.6. The first kappa shape index (κ1) is 21.8. The number of carbonyl (C=O) groups is 3. The first-order valence-corrected chi connectivity index (χ1v) is 11.7. The maximum atomic E-state index is 13.3. The number of nitrogens with zero attached hydrogens (tertiary/aromatic N) is 1. The highest BCUT2D eigenvalue weighted by molar-refractivity contribution is 9.10. The number of ether oxygens (including phenoxy) is 2. The molecule has 5 rings (SSSR count). The number of amides is 2. The predicted molar refractivity (Wildman–Crippen MR) is 122 cm³/mol. The Morgan fingerprint density at radius 3 is 2.55 bits per heavy atom. The summed E-state index contributed by atoms with van der Waals surface area (Å²) in [6, 6.07) is 9.21. The van der Waals surface area contributed by atoms with E-state index < -0.39 is 5.97 Å². The second-order valence-corrected chi connectivity index (χ2v) is 9.53. The number of benzene rings is 2. The molecular weight excluding hydrogens is 492 g/mol. The quantitative estimate of drug-likeness (QED) is 0.620. The average molecular weight is 515 g/mol. The van der Waals surface area contributed by atoms with Crippen molar-refractivity contribution in [1.29, 1.82) is 0 Å². The molecule has 0 unspecified atom stereocenters. The van der Waals surface area contributed by atoms with Crippen LogP contribution in [0.3, 0.4) is 0 Å². The zero-order chi connectivity index (χ0) is 23.1. The van der Waals surface area contributed by atoms with Gasteiger partial charge >= 0.3 is 5.97 Å². The summed E-state index contributed by atoms with van der Waals surface area (Å²) >= 11 is 3.54. The Morgan fingerprint density at radius 2 is 1.79 bits per heavy atom. The molecule has 2 aromatic rings. The molecule has 2 aliphatic heterocycles. The van der Waals surface area contributed by atoms with Crippen LogP contribution in [-0.2, 0) is 22.7 Å². The fourth-order valence-electron chi connectivity index (χ4n) is 4.77. The minimum absolute atomic E-state index is 0.145. The first-order valence-electron chi connectivity index (χ1n) is 10.9. The van der Waals surface area contributed by atoms with Crippen molar-refractivity contribution in [3.63, 3.8) is 0 Å². The summed E-state index contributed by atoms with van der Waals surface area (Å²) in [7, 11) is 0. The van der Waals surface area contributed by atoms with Gasteiger partial charge in [0, 0.05) is 29.0 Å². The van der Waals surface area contributed by atoms with E-state index in [1.807, 2.05) is 24.3 Å². The highest BCUT2D eigenvalue weighted by Gasteiger charge is 2.34. The van der Waals surface area contributed by atoms with E-state index in [1.54, 1.807) is 11.0 Å². The molecule has 1 saturated carbocycles. The van der Waals surface area contributed by atoms with E-state index in [0.29, 0.717) is 61.5 Å². The minimum atomic E-state index is -0.798. The first-order chi connectivity index (χ1) is 15.9. The molecule has 0 saturated heterocycles. The summed E-state index contributed by atoms with van der Waals surface area (Å²) in [5.41, 5.74) is 2.76. The Bertz CT molecular complexity index is 1140. The Kier molecular flexibility index (Phi) is 5.74. The van der Waals surface area contributed by atoms with Gasteiger partial charge in [-0.05, 0) is 55.5 Å². The van der Waals surface area contributed by atoms with Gasteiger partial charge in [0.1, 0.15) is 0 Å². The van der Waals surface area contributed by atoms with Crippen LogP contribution < -0.4 is 14.8 Å². The highest BCUT2D eigenvalue weighted by atomic mass is 79.9. The van der Waals surface area contributed by atoms with Gasteiger partial charge in [0.15, 0.2) is 11.5 Å². The van der Waals surface area contributed by atoms with Crippen LogP contribution in [0.2, 0.25) is 0 Å².